The van der Waals surface area contributed by atoms with Gasteiger partial charge in [-0.05, 0) is 41.6 Å². The van der Waals surface area contributed by atoms with Crippen LogP contribution < -0.4 is 0 Å². The Hall–Kier alpha value is -3.41. The summed E-state index contributed by atoms with van der Waals surface area (Å²) in [5, 5.41) is 19.6. The second-order valence-electron chi connectivity index (χ2n) is 6.62. The molecule has 162 valence electrons. The lowest BCUT2D eigenvalue weighted by Gasteiger charge is -2.18. The van der Waals surface area contributed by atoms with E-state index in [0.29, 0.717) is 15.6 Å². The molecule has 0 saturated carbocycles. The Morgan fingerprint density at radius 2 is 1.90 bits per heavy atom. The van der Waals surface area contributed by atoms with E-state index in [-0.39, 0.29) is 17.8 Å². The number of amides is 1. The van der Waals surface area contributed by atoms with Gasteiger partial charge in [-0.2, -0.15) is 13.2 Å². The summed E-state index contributed by atoms with van der Waals surface area (Å²) in [7, 11) is 3.16. The van der Waals surface area contributed by atoms with Crippen LogP contribution in [0.1, 0.15) is 21.5 Å². The van der Waals surface area contributed by atoms with Crippen LogP contribution in [0.4, 0.5) is 18.9 Å². The Morgan fingerprint density at radius 1 is 1.23 bits per heavy atom. The van der Waals surface area contributed by atoms with E-state index in [4.69, 9.17) is 0 Å². The van der Waals surface area contributed by atoms with Gasteiger partial charge < -0.3 is 9.47 Å². The molecule has 1 heterocycles. The molecule has 0 N–H and O–H groups in total. The van der Waals surface area contributed by atoms with Gasteiger partial charge in [0, 0.05) is 32.3 Å². The van der Waals surface area contributed by atoms with E-state index in [2.05, 4.69) is 10.2 Å². The molecule has 1 aromatic heterocycles. The van der Waals surface area contributed by atoms with Gasteiger partial charge in [0.1, 0.15) is 6.33 Å². The average molecular weight is 451 g/mol. The number of hydrogen-bond donors (Lipinski definition) is 0. The fourth-order valence-electron chi connectivity index (χ4n) is 2.71. The van der Waals surface area contributed by atoms with Crippen molar-refractivity contribution in [1.82, 2.24) is 19.7 Å². The van der Waals surface area contributed by atoms with Gasteiger partial charge in [-0.3, -0.25) is 14.9 Å². The SMILES string of the molecule is CN(Cc1ccc(C(F)(F)F)cc1)C(=O)c1ccc(Sc2nncn2C)c([N+](=O)[O-])c1. The number of halogens is 3. The summed E-state index contributed by atoms with van der Waals surface area (Å²) in [4.78, 5) is 25.2. The normalized spacial score (nSPS) is 11.4. The highest BCUT2D eigenvalue weighted by Gasteiger charge is 2.30. The number of carbonyl (C=O) groups excluding carboxylic acids is 1. The number of nitrogens with zero attached hydrogens (tertiary/aromatic N) is 5. The summed E-state index contributed by atoms with van der Waals surface area (Å²) in [6.45, 7) is 0.0419. The van der Waals surface area contributed by atoms with Crippen molar-refractivity contribution in [2.24, 2.45) is 7.05 Å². The number of rotatable bonds is 6. The van der Waals surface area contributed by atoms with Crippen molar-refractivity contribution in [3.8, 4) is 0 Å². The molecule has 2 aromatic carbocycles. The minimum absolute atomic E-state index is 0.0419. The van der Waals surface area contributed by atoms with Crippen molar-refractivity contribution in [3.05, 3.63) is 75.6 Å². The van der Waals surface area contributed by atoms with Crippen molar-refractivity contribution in [3.63, 3.8) is 0 Å². The zero-order valence-electron chi connectivity index (χ0n) is 16.3. The number of hydrogen-bond acceptors (Lipinski definition) is 6. The molecule has 0 aliphatic heterocycles. The van der Waals surface area contributed by atoms with Crippen LogP contribution in [-0.4, -0.2) is 37.5 Å². The number of aromatic nitrogens is 3. The molecule has 3 aromatic rings. The molecule has 0 radical (unpaired) electrons. The first-order valence-corrected chi connectivity index (χ1v) is 9.60. The molecule has 3 rings (SSSR count). The molecule has 31 heavy (non-hydrogen) atoms. The van der Waals surface area contributed by atoms with Gasteiger partial charge in [-0.25, -0.2) is 0 Å². The lowest BCUT2D eigenvalue weighted by molar-refractivity contribution is -0.387. The second-order valence-corrected chi connectivity index (χ2v) is 7.63. The van der Waals surface area contributed by atoms with E-state index in [1.54, 1.807) is 11.6 Å². The summed E-state index contributed by atoms with van der Waals surface area (Å²) in [6.07, 6.45) is -2.98. The van der Waals surface area contributed by atoms with Crippen molar-refractivity contribution in [2.75, 3.05) is 7.05 Å². The molecule has 0 bridgehead atoms. The monoisotopic (exact) mass is 451 g/mol. The van der Waals surface area contributed by atoms with E-state index < -0.39 is 22.6 Å². The van der Waals surface area contributed by atoms with Crippen molar-refractivity contribution in [2.45, 2.75) is 22.8 Å². The Labute approximate surface area is 178 Å². The third-order valence-electron chi connectivity index (χ3n) is 4.32. The Kier molecular flexibility index (Phi) is 6.29. The van der Waals surface area contributed by atoms with Gasteiger partial charge in [0.25, 0.3) is 11.6 Å². The van der Waals surface area contributed by atoms with Crippen LogP contribution in [0.3, 0.4) is 0 Å². The molecular formula is C19H16F3N5O3S. The molecule has 0 unspecified atom stereocenters. The first-order chi connectivity index (χ1) is 14.6. The molecule has 0 atom stereocenters. The topological polar surface area (TPSA) is 94.2 Å². The van der Waals surface area contributed by atoms with E-state index in [9.17, 15) is 28.1 Å². The van der Waals surface area contributed by atoms with E-state index >= 15 is 0 Å². The first-order valence-electron chi connectivity index (χ1n) is 8.78. The van der Waals surface area contributed by atoms with Crippen LogP contribution >= 0.6 is 11.8 Å². The van der Waals surface area contributed by atoms with Crippen molar-refractivity contribution in [1.29, 1.82) is 0 Å². The predicted molar refractivity (Wildman–Crippen MR) is 105 cm³/mol. The molecule has 0 aliphatic carbocycles. The van der Waals surface area contributed by atoms with Crippen molar-refractivity contribution >= 4 is 23.4 Å². The number of benzene rings is 2. The zero-order chi connectivity index (χ0) is 22.8. The summed E-state index contributed by atoms with van der Waals surface area (Å²) < 4.78 is 39.6. The predicted octanol–water partition coefficient (Wildman–Crippen LogP) is 4.17. The molecule has 0 fully saturated rings. The number of carbonyl (C=O) groups is 1. The average Bonchev–Trinajstić information content (AvgIpc) is 3.11. The molecular weight excluding hydrogens is 435 g/mol. The zero-order valence-corrected chi connectivity index (χ0v) is 17.1. The third-order valence-corrected chi connectivity index (χ3v) is 5.44. The van der Waals surface area contributed by atoms with Crippen LogP contribution in [0, 0.1) is 10.1 Å². The smallest absolute Gasteiger partial charge is 0.337 e. The minimum atomic E-state index is -4.44. The van der Waals surface area contributed by atoms with Crippen molar-refractivity contribution < 1.29 is 22.9 Å². The lowest BCUT2D eigenvalue weighted by atomic mass is 10.1. The first kappa shape index (κ1) is 22.3. The maximum atomic E-state index is 12.7. The molecule has 0 saturated heterocycles. The van der Waals surface area contributed by atoms with Crippen LogP contribution in [0.25, 0.3) is 0 Å². The van der Waals surface area contributed by atoms with Gasteiger partial charge >= 0.3 is 6.18 Å². The van der Waals surface area contributed by atoms with Gasteiger partial charge in [-0.15, -0.1) is 10.2 Å². The molecule has 12 heteroatoms. The molecule has 0 aliphatic rings. The fraction of sp³-hybridized carbons (Fsp3) is 0.211. The number of alkyl halides is 3. The van der Waals surface area contributed by atoms with Gasteiger partial charge in [0.05, 0.1) is 15.4 Å². The highest BCUT2D eigenvalue weighted by Crippen LogP contribution is 2.34. The van der Waals surface area contributed by atoms with E-state index in [1.807, 2.05) is 0 Å². The summed E-state index contributed by atoms with van der Waals surface area (Å²) in [5.74, 6) is -0.502. The molecule has 0 spiro atoms. The summed E-state index contributed by atoms with van der Waals surface area (Å²) in [5.41, 5.74) is -0.463. The van der Waals surface area contributed by atoms with Gasteiger partial charge in [0.2, 0.25) is 0 Å². The minimum Gasteiger partial charge on any atom is -0.337 e. The Morgan fingerprint density at radius 3 is 2.45 bits per heavy atom. The highest BCUT2D eigenvalue weighted by atomic mass is 32.2. The summed E-state index contributed by atoms with van der Waals surface area (Å²) in [6, 6.07) is 8.54. The van der Waals surface area contributed by atoms with Crippen LogP contribution in [0.2, 0.25) is 0 Å². The van der Waals surface area contributed by atoms with Gasteiger partial charge in [-0.1, -0.05) is 12.1 Å². The number of nitro benzene ring substituents is 1. The maximum Gasteiger partial charge on any atom is 0.416 e. The second kappa shape index (κ2) is 8.76. The standard InChI is InChI=1S/C19H16F3N5O3S/c1-25(10-12-3-6-14(7-4-12)19(20,21)22)17(28)13-5-8-16(15(9-13)27(29)30)31-18-24-23-11-26(18)2/h3-9,11H,10H2,1-2H3. The molecule has 1 amide bonds. The quantitative estimate of drug-likeness (QED) is 0.413. The summed E-state index contributed by atoms with van der Waals surface area (Å²) >= 11 is 1.04. The Bertz CT molecular complexity index is 1120. The van der Waals surface area contributed by atoms with Crippen LogP contribution in [0.15, 0.2) is 58.8 Å². The highest BCUT2D eigenvalue weighted by molar-refractivity contribution is 7.99. The lowest BCUT2D eigenvalue weighted by Crippen LogP contribution is -2.26. The van der Waals surface area contributed by atoms with E-state index in [0.717, 1.165) is 23.9 Å². The number of nitro groups is 1. The van der Waals surface area contributed by atoms with E-state index in [1.165, 1.54) is 48.6 Å². The molecule has 8 nitrogen and oxygen atoms in total. The van der Waals surface area contributed by atoms with Crippen LogP contribution in [0.5, 0.6) is 0 Å². The third kappa shape index (κ3) is 5.20. The Balaban J connectivity index is 1.78. The fourth-order valence-corrected chi connectivity index (χ4v) is 3.56. The maximum absolute atomic E-state index is 12.7. The van der Waals surface area contributed by atoms with Gasteiger partial charge in [0.15, 0.2) is 5.16 Å². The largest absolute Gasteiger partial charge is 0.416 e. The number of aryl methyl sites for hydroxylation is 1. The van der Waals surface area contributed by atoms with Crippen LogP contribution in [-0.2, 0) is 19.8 Å².